The first-order chi connectivity index (χ1) is 10.1. The Hall–Kier alpha value is -1.40. The number of aromatic nitrogens is 2. The lowest BCUT2D eigenvalue weighted by Gasteiger charge is -2.19. The van der Waals surface area contributed by atoms with E-state index in [0.717, 1.165) is 42.9 Å². The molecule has 6 heteroatoms. The lowest BCUT2D eigenvalue weighted by Crippen LogP contribution is -2.15. The van der Waals surface area contributed by atoms with Crippen LogP contribution in [0.1, 0.15) is 37.9 Å². The van der Waals surface area contributed by atoms with Gasteiger partial charge < -0.3 is 9.72 Å². The van der Waals surface area contributed by atoms with Gasteiger partial charge in [-0.15, -0.1) is 0 Å². The van der Waals surface area contributed by atoms with Crippen molar-refractivity contribution in [1.29, 1.82) is 0 Å². The van der Waals surface area contributed by atoms with E-state index in [1.165, 1.54) is 0 Å². The summed E-state index contributed by atoms with van der Waals surface area (Å²) in [5, 5.41) is 0. The van der Waals surface area contributed by atoms with Crippen molar-refractivity contribution < 1.29 is 13.2 Å². The fraction of sp³-hybridized carbons (Fsp3) is 0.533. The van der Waals surface area contributed by atoms with Gasteiger partial charge in [0.15, 0.2) is 9.84 Å². The summed E-state index contributed by atoms with van der Waals surface area (Å²) in [6, 6.07) is 5.15. The molecular weight excluding hydrogens is 288 g/mol. The molecule has 1 fully saturated rings. The number of fused-ring (bicyclic) bond motifs is 1. The van der Waals surface area contributed by atoms with E-state index in [2.05, 4.69) is 9.97 Å². The van der Waals surface area contributed by atoms with Crippen molar-refractivity contribution in [1.82, 2.24) is 9.97 Å². The van der Waals surface area contributed by atoms with Crippen molar-refractivity contribution in [2.24, 2.45) is 0 Å². The lowest BCUT2D eigenvalue weighted by molar-refractivity contribution is 0.0838. The second-order valence-corrected chi connectivity index (χ2v) is 7.62. The zero-order valence-corrected chi connectivity index (χ0v) is 12.9. The zero-order valence-electron chi connectivity index (χ0n) is 12.1. The topological polar surface area (TPSA) is 72.1 Å². The quantitative estimate of drug-likeness (QED) is 0.942. The summed E-state index contributed by atoms with van der Waals surface area (Å²) in [6.45, 7) is 3.39. The monoisotopic (exact) mass is 308 g/mol. The summed E-state index contributed by atoms with van der Waals surface area (Å²) in [5.41, 5.74) is 1.63. The average molecular weight is 308 g/mol. The van der Waals surface area contributed by atoms with Crippen LogP contribution < -0.4 is 0 Å². The van der Waals surface area contributed by atoms with Gasteiger partial charge in [0.1, 0.15) is 5.82 Å². The first kappa shape index (κ1) is 14.5. The van der Waals surface area contributed by atoms with E-state index >= 15 is 0 Å². The van der Waals surface area contributed by atoms with E-state index in [1.54, 1.807) is 18.2 Å². The summed E-state index contributed by atoms with van der Waals surface area (Å²) >= 11 is 0. The Morgan fingerprint density at radius 2 is 2.10 bits per heavy atom. The molecule has 114 valence electrons. The molecule has 0 aliphatic carbocycles. The molecule has 0 atom stereocenters. The number of aromatic amines is 1. The molecule has 1 aliphatic heterocycles. The first-order valence-electron chi connectivity index (χ1n) is 7.40. The number of sulfone groups is 1. The van der Waals surface area contributed by atoms with Crippen LogP contribution in [0.25, 0.3) is 11.0 Å². The summed E-state index contributed by atoms with van der Waals surface area (Å²) in [6.07, 6.45) is 2.54. The average Bonchev–Trinajstić information content (AvgIpc) is 2.91. The van der Waals surface area contributed by atoms with Crippen LogP contribution in [0.3, 0.4) is 0 Å². The van der Waals surface area contributed by atoms with E-state index in [1.807, 2.05) is 6.92 Å². The molecule has 2 heterocycles. The SMILES string of the molecule is CCCS(=O)(=O)c1ccc2nc(C3CCOCC3)[nH]c2c1. The second-order valence-electron chi connectivity index (χ2n) is 5.51. The van der Waals surface area contributed by atoms with E-state index in [4.69, 9.17) is 4.74 Å². The molecule has 0 unspecified atom stereocenters. The van der Waals surface area contributed by atoms with Gasteiger partial charge in [0, 0.05) is 19.1 Å². The van der Waals surface area contributed by atoms with Gasteiger partial charge in [0.2, 0.25) is 0 Å². The largest absolute Gasteiger partial charge is 0.381 e. The Balaban J connectivity index is 1.95. The maximum Gasteiger partial charge on any atom is 0.178 e. The maximum absolute atomic E-state index is 12.1. The normalized spacial score (nSPS) is 17.4. The van der Waals surface area contributed by atoms with Crippen molar-refractivity contribution >= 4 is 20.9 Å². The molecule has 1 aromatic heterocycles. The highest BCUT2D eigenvalue weighted by atomic mass is 32.2. The highest BCUT2D eigenvalue weighted by Crippen LogP contribution is 2.27. The zero-order chi connectivity index (χ0) is 14.9. The van der Waals surface area contributed by atoms with Crippen LogP contribution in [-0.4, -0.2) is 37.4 Å². The molecule has 1 saturated heterocycles. The van der Waals surface area contributed by atoms with Gasteiger partial charge in [-0.1, -0.05) is 6.92 Å². The van der Waals surface area contributed by atoms with E-state index in [0.29, 0.717) is 17.2 Å². The minimum atomic E-state index is -3.19. The lowest BCUT2D eigenvalue weighted by atomic mass is 10.00. The van der Waals surface area contributed by atoms with Crippen LogP contribution in [0.15, 0.2) is 23.1 Å². The molecule has 21 heavy (non-hydrogen) atoms. The molecule has 1 aliphatic rings. The number of ether oxygens (including phenoxy) is 1. The highest BCUT2D eigenvalue weighted by molar-refractivity contribution is 7.91. The van der Waals surface area contributed by atoms with Gasteiger partial charge in [-0.25, -0.2) is 13.4 Å². The molecule has 0 spiro atoms. The number of rotatable bonds is 4. The first-order valence-corrected chi connectivity index (χ1v) is 9.05. The van der Waals surface area contributed by atoms with Crippen LogP contribution in [0, 0.1) is 0 Å². The van der Waals surface area contributed by atoms with Crippen molar-refractivity contribution in [3.63, 3.8) is 0 Å². The molecule has 0 saturated carbocycles. The molecule has 1 aromatic carbocycles. The fourth-order valence-corrected chi connectivity index (χ4v) is 4.10. The third kappa shape index (κ3) is 2.96. The Morgan fingerprint density at radius 3 is 2.81 bits per heavy atom. The molecule has 1 N–H and O–H groups in total. The van der Waals surface area contributed by atoms with Crippen molar-refractivity contribution in [2.45, 2.75) is 37.0 Å². The number of H-pyrrole nitrogens is 1. The van der Waals surface area contributed by atoms with Crippen LogP contribution in [0.4, 0.5) is 0 Å². The maximum atomic E-state index is 12.1. The molecule has 0 bridgehead atoms. The van der Waals surface area contributed by atoms with Crippen LogP contribution in [-0.2, 0) is 14.6 Å². The van der Waals surface area contributed by atoms with Gasteiger partial charge in [0.25, 0.3) is 0 Å². The van der Waals surface area contributed by atoms with Gasteiger partial charge >= 0.3 is 0 Å². The Kier molecular flexibility index (Phi) is 3.99. The van der Waals surface area contributed by atoms with Crippen LogP contribution in [0.5, 0.6) is 0 Å². The Morgan fingerprint density at radius 1 is 1.33 bits per heavy atom. The van der Waals surface area contributed by atoms with Gasteiger partial charge in [0.05, 0.1) is 21.7 Å². The number of nitrogens with one attached hydrogen (secondary N) is 1. The summed E-state index contributed by atoms with van der Waals surface area (Å²) < 4.78 is 29.6. The Bertz CT molecular complexity index is 730. The third-order valence-electron chi connectivity index (χ3n) is 3.91. The number of imidazole rings is 1. The summed E-state index contributed by atoms with van der Waals surface area (Å²) in [5.74, 6) is 1.50. The smallest absolute Gasteiger partial charge is 0.178 e. The molecule has 0 amide bonds. The predicted octanol–water partition coefficient (Wildman–Crippen LogP) is 2.64. The Labute approximate surface area is 124 Å². The second kappa shape index (κ2) is 5.77. The van der Waals surface area contributed by atoms with E-state index in [-0.39, 0.29) is 5.75 Å². The minimum Gasteiger partial charge on any atom is -0.381 e. The number of hydrogen-bond donors (Lipinski definition) is 1. The molecular formula is C15H20N2O3S. The van der Waals surface area contributed by atoms with E-state index < -0.39 is 9.84 Å². The number of hydrogen-bond acceptors (Lipinski definition) is 4. The highest BCUT2D eigenvalue weighted by Gasteiger charge is 2.20. The van der Waals surface area contributed by atoms with Crippen LogP contribution in [0.2, 0.25) is 0 Å². The van der Waals surface area contributed by atoms with Crippen molar-refractivity contribution in [3.8, 4) is 0 Å². The summed E-state index contributed by atoms with van der Waals surface area (Å²) in [4.78, 5) is 8.26. The molecule has 2 aromatic rings. The standard InChI is InChI=1S/C15H20N2O3S/c1-2-9-21(18,19)12-3-4-13-14(10-12)17-15(16-13)11-5-7-20-8-6-11/h3-4,10-11H,2,5-9H2,1H3,(H,16,17). The van der Waals surface area contributed by atoms with E-state index in [9.17, 15) is 8.42 Å². The predicted molar refractivity (Wildman–Crippen MR) is 81.2 cm³/mol. The molecule has 3 rings (SSSR count). The number of benzene rings is 1. The van der Waals surface area contributed by atoms with Crippen molar-refractivity contribution in [2.75, 3.05) is 19.0 Å². The van der Waals surface area contributed by atoms with Gasteiger partial charge in [-0.2, -0.15) is 0 Å². The molecule has 0 radical (unpaired) electrons. The number of nitrogens with zero attached hydrogens (tertiary/aromatic N) is 1. The summed E-state index contributed by atoms with van der Waals surface area (Å²) in [7, 11) is -3.19. The minimum absolute atomic E-state index is 0.180. The molecule has 5 nitrogen and oxygen atoms in total. The van der Waals surface area contributed by atoms with Crippen LogP contribution >= 0.6 is 0 Å². The van der Waals surface area contributed by atoms with Gasteiger partial charge in [-0.3, -0.25) is 0 Å². The van der Waals surface area contributed by atoms with Crippen molar-refractivity contribution in [3.05, 3.63) is 24.0 Å². The van der Waals surface area contributed by atoms with Gasteiger partial charge in [-0.05, 0) is 37.5 Å². The fourth-order valence-electron chi connectivity index (χ4n) is 2.75. The third-order valence-corrected chi connectivity index (χ3v) is 5.83.